The maximum absolute atomic E-state index is 12.2. The summed E-state index contributed by atoms with van der Waals surface area (Å²) in [4.78, 5) is 31.4. The van der Waals surface area contributed by atoms with Crippen molar-refractivity contribution >= 4 is 33.5 Å². The zero-order chi connectivity index (χ0) is 19.3. The molecule has 1 aromatic heterocycles. The van der Waals surface area contributed by atoms with Crippen LogP contribution in [0.5, 0.6) is 0 Å². The Morgan fingerprint density at radius 3 is 2.46 bits per heavy atom. The molecule has 0 fully saturated rings. The van der Waals surface area contributed by atoms with Crippen molar-refractivity contribution in [3.8, 4) is 0 Å². The van der Waals surface area contributed by atoms with Gasteiger partial charge in [-0.05, 0) is 18.2 Å². The Morgan fingerprint density at radius 1 is 1.15 bits per heavy atom. The molecule has 5 N–H and O–H groups in total. The lowest BCUT2D eigenvalue weighted by molar-refractivity contribution is -0.0137. The van der Waals surface area contributed by atoms with E-state index in [9.17, 15) is 24.9 Å². The molecule has 0 aliphatic rings. The van der Waals surface area contributed by atoms with Gasteiger partial charge < -0.3 is 25.7 Å². The average molecular weight is 426 g/mol. The second-order valence-corrected chi connectivity index (χ2v) is 6.28. The van der Waals surface area contributed by atoms with E-state index in [2.05, 4.69) is 31.2 Å². The Kier molecular flexibility index (Phi) is 6.75. The Bertz CT molecular complexity index is 799. The zero-order valence-electron chi connectivity index (χ0n) is 13.3. The highest BCUT2D eigenvalue weighted by Gasteiger charge is 2.18. The van der Waals surface area contributed by atoms with Crippen molar-refractivity contribution < 1.29 is 30.0 Å². The van der Waals surface area contributed by atoms with Gasteiger partial charge in [-0.2, -0.15) is 0 Å². The number of benzene rings is 1. The molecule has 2 atom stereocenters. The number of carboxylic acid groups (broad SMARTS) is 1. The third kappa shape index (κ3) is 5.05. The van der Waals surface area contributed by atoms with Crippen LogP contribution >= 0.6 is 15.9 Å². The van der Waals surface area contributed by atoms with Crippen LogP contribution < -0.4 is 5.32 Å². The summed E-state index contributed by atoms with van der Waals surface area (Å²) in [5.41, 5.74) is 0.290. The van der Waals surface area contributed by atoms with Gasteiger partial charge >= 0.3 is 5.97 Å². The highest BCUT2D eigenvalue weighted by atomic mass is 79.9. The van der Waals surface area contributed by atoms with Crippen LogP contribution in [-0.2, 0) is 6.42 Å². The normalized spacial score (nSPS) is 13.1. The number of aliphatic hydroxyl groups excluding tert-OH is 3. The van der Waals surface area contributed by atoms with Crippen molar-refractivity contribution in [3.05, 3.63) is 52.0 Å². The number of carboxylic acids is 1. The molecule has 0 aliphatic carbocycles. The fourth-order valence-corrected chi connectivity index (χ4v) is 2.40. The maximum atomic E-state index is 12.2. The lowest BCUT2D eigenvalue weighted by Crippen LogP contribution is -2.31. The lowest BCUT2D eigenvalue weighted by atomic mass is 10.1. The molecule has 0 saturated heterocycles. The summed E-state index contributed by atoms with van der Waals surface area (Å²) in [7, 11) is 0. The van der Waals surface area contributed by atoms with E-state index in [1.807, 2.05) is 0 Å². The fourth-order valence-electron chi connectivity index (χ4n) is 2.04. The largest absolute Gasteiger partial charge is 0.478 e. The van der Waals surface area contributed by atoms with Gasteiger partial charge in [0.05, 0.1) is 35.9 Å². The number of hydrogen-bond acceptors (Lipinski definition) is 7. The minimum Gasteiger partial charge on any atom is -0.478 e. The summed E-state index contributed by atoms with van der Waals surface area (Å²) in [5.74, 6) is -1.84. The second kappa shape index (κ2) is 8.81. The number of nitrogens with one attached hydrogen (secondary N) is 1. The van der Waals surface area contributed by atoms with Crippen molar-refractivity contribution in [1.82, 2.24) is 9.97 Å². The molecule has 9 nitrogen and oxygen atoms in total. The van der Waals surface area contributed by atoms with Gasteiger partial charge in [-0.15, -0.1) is 0 Å². The first-order valence-corrected chi connectivity index (χ1v) is 8.23. The number of carbonyl (C=O) groups excluding carboxylic acids is 1. The standard InChI is InChI=1S/C16H16BrN3O6/c17-8-1-2-11(10(3-8)16(25)26)20-15(24)12-6-18-9(5-19-12)4-13(22)14(23)7-21/h1-3,5-6,13-14,21-23H,4,7H2,(H,20,24)(H,25,26)/t13?,14-/m1/s1. The predicted octanol–water partition coefficient (Wildman–Crippen LogP) is 0.446. The van der Waals surface area contributed by atoms with E-state index in [1.165, 1.54) is 24.5 Å². The smallest absolute Gasteiger partial charge is 0.337 e. The Hall–Kier alpha value is -2.40. The van der Waals surface area contributed by atoms with Gasteiger partial charge in [0, 0.05) is 17.1 Å². The van der Waals surface area contributed by atoms with Crippen molar-refractivity contribution in [1.29, 1.82) is 0 Å². The Balaban J connectivity index is 2.10. The number of amides is 1. The van der Waals surface area contributed by atoms with E-state index in [1.54, 1.807) is 6.07 Å². The molecule has 138 valence electrons. The molecular weight excluding hydrogens is 410 g/mol. The van der Waals surface area contributed by atoms with Crippen molar-refractivity contribution in [2.75, 3.05) is 11.9 Å². The molecule has 1 aromatic carbocycles. The first kappa shape index (κ1) is 19.9. The number of nitrogens with zero attached hydrogens (tertiary/aromatic N) is 2. The minimum absolute atomic E-state index is 0.0491. The van der Waals surface area contributed by atoms with Crippen LogP contribution in [0.15, 0.2) is 35.1 Å². The zero-order valence-corrected chi connectivity index (χ0v) is 14.9. The van der Waals surface area contributed by atoms with Crippen molar-refractivity contribution in [2.45, 2.75) is 18.6 Å². The van der Waals surface area contributed by atoms with E-state index in [-0.39, 0.29) is 23.4 Å². The van der Waals surface area contributed by atoms with Crippen LogP contribution in [0.2, 0.25) is 0 Å². The molecule has 2 aromatic rings. The molecule has 26 heavy (non-hydrogen) atoms. The number of rotatable bonds is 7. The molecule has 1 unspecified atom stereocenters. The van der Waals surface area contributed by atoms with Crippen LogP contribution in [0.1, 0.15) is 26.5 Å². The first-order valence-electron chi connectivity index (χ1n) is 7.44. The van der Waals surface area contributed by atoms with Crippen LogP contribution in [0, 0.1) is 0 Å². The molecule has 10 heteroatoms. The number of aromatic nitrogens is 2. The van der Waals surface area contributed by atoms with Crippen LogP contribution in [0.25, 0.3) is 0 Å². The van der Waals surface area contributed by atoms with E-state index in [0.717, 1.165) is 0 Å². The molecule has 1 heterocycles. The number of hydrogen-bond donors (Lipinski definition) is 5. The topological polar surface area (TPSA) is 153 Å². The number of aliphatic hydroxyl groups is 3. The third-order valence-corrected chi connectivity index (χ3v) is 3.94. The van der Waals surface area contributed by atoms with Gasteiger partial charge in [0.15, 0.2) is 0 Å². The van der Waals surface area contributed by atoms with E-state index in [0.29, 0.717) is 10.2 Å². The van der Waals surface area contributed by atoms with Gasteiger partial charge in [-0.1, -0.05) is 15.9 Å². The van der Waals surface area contributed by atoms with Crippen LogP contribution in [-0.4, -0.2) is 61.1 Å². The third-order valence-electron chi connectivity index (χ3n) is 3.45. The molecular formula is C16H16BrN3O6. The number of carbonyl (C=O) groups is 2. The van der Waals surface area contributed by atoms with Crippen LogP contribution in [0.4, 0.5) is 5.69 Å². The molecule has 0 radical (unpaired) electrons. The number of halogens is 1. The summed E-state index contributed by atoms with van der Waals surface area (Å²) in [6.45, 7) is -0.589. The Labute approximate surface area is 156 Å². The van der Waals surface area contributed by atoms with Gasteiger partial charge in [-0.3, -0.25) is 9.78 Å². The molecule has 0 saturated carbocycles. The molecule has 2 rings (SSSR count). The first-order chi connectivity index (χ1) is 12.3. The SMILES string of the molecule is O=C(Nc1ccc(Br)cc1C(=O)O)c1cnc(CC(O)[C@H](O)CO)cn1. The van der Waals surface area contributed by atoms with Gasteiger partial charge in [0.2, 0.25) is 0 Å². The van der Waals surface area contributed by atoms with Crippen molar-refractivity contribution in [3.63, 3.8) is 0 Å². The maximum Gasteiger partial charge on any atom is 0.337 e. The van der Waals surface area contributed by atoms with Gasteiger partial charge in [-0.25, -0.2) is 9.78 Å². The van der Waals surface area contributed by atoms with Crippen molar-refractivity contribution in [2.24, 2.45) is 0 Å². The van der Waals surface area contributed by atoms with Crippen LogP contribution in [0.3, 0.4) is 0 Å². The average Bonchev–Trinajstić information content (AvgIpc) is 2.62. The van der Waals surface area contributed by atoms with Gasteiger partial charge in [0.1, 0.15) is 11.8 Å². The van der Waals surface area contributed by atoms with E-state index >= 15 is 0 Å². The van der Waals surface area contributed by atoms with E-state index < -0.39 is 30.7 Å². The molecule has 0 aliphatic heterocycles. The van der Waals surface area contributed by atoms with E-state index in [4.69, 9.17) is 5.11 Å². The predicted molar refractivity (Wildman–Crippen MR) is 93.9 cm³/mol. The second-order valence-electron chi connectivity index (χ2n) is 5.36. The fraction of sp³-hybridized carbons (Fsp3) is 0.250. The highest BCUT2D eigenvalue weighted by Crippen LogP contribution is 2.21. The summed E-state index contributed by atoms with van der Waals surface area (Å²) in [6, 6.07) is 4.39. The summed E-state index contributed by atoms with van der Waals surface area (Å²) in [6.07, 6.45) is -0.141. The number of aromatic carboxylic acids is 1. The Morgan fingerprint density at radius 2 is 1.88 bits per heavy atom. The quantitative estimate of drug-likeness (QED) is 0.428. The summed E-state index contributed by atoms with van der Waals surface area (Å²) < 4.78 is 0.556. The minimum atomic E-state index is -1.30. The molecule has 0 bridgehead atoms. The summed E-state index contributed by atoms with van der Waals surface area (Å²) >= 11 is 3.17. The summed E-state index contributed by atoms with van der Waals surface area (Å²) in [5, 5.41) is 39.4. The lowest BCUT2D eigenvalue weighted by Gasteiger charge is -2.14. The highest BCUT2D eigenvalue weighted by molar-refractivity contribution is 9.10. The monoisotopic (exact) mass is 425 g/mol. The molecule has 0 spiro atoms. The number of anilines is 1. The molecule has 1 amide bonds. The van der Waals surface area contributed by atoms with Gasteiger partial charge in [0.25, 0.3) is 5.91 Å².